The number of rotatable bonds is 1. The van der Waals surface area contributed by atoms with E-state index in [9.17, 15) is 0 Å². The van der Waals surface area contributed by atoms with Gasteiger partial charge in [0.1, 0.15) is 0 Å². The van der Waals surface area contributed by atoms with E-state index in [0.717, 1.165) is 12.2 Å². The molecule has 0 aliphatic heterocycles. The van der Waals surface area contributed by atoms with Gasteiger partial charge in [-0.3, -0.25) is 10.2 Å². The standard InChI is InChI=1S/C5H8N3.2Y/c1-3-5-7-6-4-8(5)2;;/h3H2,1-2H3;;/q-1;;. The van der Waals surface area contributed by atoms with E-state index in [4.69, 9.17) is 0 Å². The van der Waals surface area contributed by atoms with Crippen molar-refractivity contribution in [1.82, 2.24) is 14.8 Å². The number of hydrogen-bond acceptors (Lipinski definition) is 2. The van der Waals surface area contributed by atoms with Crippen LogP contribution in [0.2, 0.25) is 0 Å². The predicted octanol–water partition coefficient (Wildman–Crippen LogP) is 0.173. The Hall–Kier alpha value is 1.35. The van der Waals surface area contributed by atoms with Crippen molar-refractivity contribution in [1.29, 1.82) is 0 Å². The van der Waals surface area contributed by atoms with E-state index >= 15 is 0 Å². The molecule has 2 radical (unpaired) electrons. The van der Waals surface area contributed by atoms with Crippen molar-refractivity contribution in [3.05, 3.63) is 12.2 Å². The molecule has 0 bridgehead atoms. The van der Waals surface area contributed by atoms with Crippen LogP contribution >= 0.6 is 0 Å². The number of aryl methyl sites for hydroxylation is 2. The predicted molar refractivity (Wildman–Crippen MR) is 29.2 cm³/mol. The van der Waals surface area contributed by atoms with Crippen molar-refractivity contribution >= 4 is 0 Å². The van der Waals surface area contributed by atoms with E-state index in [0.29, 0.717) is 0 Å². The zero-order chi connectivity index (χ0) is 5.98. The molecule has 0 saturated carbocycles. The molecule has 0 aromatic carbocycles. The van der Waals surface area contributed by atoms with Gasteiger partial charge in [-0.25, -0.2) is 0 Å². The maximum Gasteiger partial charge on any atom is 0 e. The fraction of sp³-hybridized carbons (Fsp3) is 0.600. The van der Waals surface area contributed by atoms with E-state index < -0.39 is 0 Å². The van der Waals surface area contributed by atoms with Crippen molar-refractivity contribution in [2.24, 2.45) is 7.05 Å². The minimum Gasteiger partial charge on any atom is -0.483 e. The summed E-state index contributed by atoms with van der Waals surface area (Å²) in [6.07, 6.45) is 3.60. The molecule has 1 aromatic heterocycles. The Balaban J connectivity index is 0. The van der Waals surface area contributed by atoms with Crippen LogP contribution < -0.4 is 0 Å². The Morgan fingerprint density at radius 2 is 2.10 bits per heavy atom. The SMILES string of the molecule is CCc1nn[c-]n1C.[Y].[Y]. The summed E-state index contributed by atoms with van der Waals surface area (Å²) in [5.41, 5.74) is 0. The van der Waals surface area contributed by atoms with Crippen LogP contribution in [0.25, 0.3) is 0 Å². The first-order valence-electron chi connectivity index (χ1n) is 2.60. The molecule has 1 aromatic rings. The van der Waals surface area contributed by atoms with Crippen LogP contribution in [-0.4, -0.2) is 14.8 Å². The van der Waals surface area contributed by atoms with Crippen LogP contribution in [0.15, 0.2) is 0 Å². The van der Waals surface area contributed by atoms with E-state index in [1.54, 1.807) is 4.57 Å². The number of hydrogen-bond donors (Lipinski definition) is 0. The molecule has 1 rings (SSSR count). The second kappa shape index (κ2) is 7.02. The third-order valence-electron chi connectivity index (χ3n) is 1.06. The quantitative estimate of drug-likeness (QED) is 0.690. The first-order valence-corrected chi connectivity index (χ1v) is 2.60. The molecule has 0 spiro atoms. The van der Waals surface area contributed by atoms with Gasteiger partial charge in [0, 0.05) is 65.4 Å². The van der Waals surface area contributed by atoms with Crippen LogP contribution in [0.4, 0.5) is 0 Å². The Morgan fingerprint density at radius 3 is 2.30 bits per heavy atom. The molecule has 1 heterocycles. The van der Waals surface area contributed by atoms with Crippen molar-refractivity contribution in [2.45, 2.75) is 13.3 Å². The summed E-state index contributed by atoms with van der Waals surface area (Å²) in [4.78, 5) is 0. The average Bonchev–Trinajstić information content (AvgIpc) is 2.14. The minimum absolute atomic E-state index is 0. The van der Waals surface area contributed by atoms with E-state index in [2.05, 4.69) is 16.5 Å². The third-order valence-corrected chi connectivity index (χ3v) is 1.06. The molecule has 0 saturated heterocycles. The van der Waals surface area contributed by atoms with Gasteiger partial charge in [-0.15, -0.1) is 0 Å². The number of nitrogens with zero attached hydrogens (tertiary/aromatic N) is 3. The molecular weight excluding hydrogens is 280 g/mol. The molecule has 10 heavy (non-hydrogen) atoms. The van der Waals surface area contributed by atoms with Crippen LogP contribution in [0.5, 0.6) is 0 Å². The van der Waals surface area contributed by atoms with Crippen LogP contribution in [0, 0.1) is 6.33 Å². The summed E-state index contributed by atoms with van der Waals surface area (Å²) in [5.74, 6) is 0.977. The van der Waals surface area contributed by atoms with Crippen molar-refractivity contribution in [2.75, 3.05) is 0 Å². The van der Waals surface area contributed by atoms with Gasteiger partial charge in [-0.1, -0.05) is 13.3 Å². The zero-order valence-corrected chi connectivity index (χ0v) is 11.9. The van der Waals surface area contributed by atoms with Gasteiger partial charge in [-0.05, 0) is 19.2 Å². The zero-order valence-electron chi connectivity index (χ0n) is 6.20. The Bertz CT molecular complexity index is 175. The van der Waals surface area contributed by atoms with E-state index in [-0.39, 0.29) is 65.4 Å². The smallest absolute Gasteiger partial charge is 0 e. The molecule has 50 valence electrons. The molecule has 0 unspecified atom stereocenters. The monoisotopic (exact) mass is 288 g/mol. The van der Waals surface area contributed by atoms with Gasteiger partial charge in [-0.2, -0.15) is 0 Å². The van der Waals surface area contributed by atoms with Crippen molar-refractivity contribution in [3.8, 4) is 0 Å². The summed E-state index contributed by atoms with van der Waals surface area (Å²) in [6.45, 7) is 2.04. The van der Waals surface area contributed by atoms with Gasteiger partial charge >= 0.3 is 0 Å². The van der Waals surface area contributed by atoms with E-state index in [1.165, 1.54) is 0 Å². The Kier molecular flexibility index (Phi) is 9.76. The molecule has 3 nitrogen and oxygen atoms in total. The molecule has 0 fully saturated rings. The van der Waals surface area contributed by atoms with Gasteiger partial charge in [0.05, 0.1) is 0 Å². The maximum absolute atomic E-state index is 3.79. The topological polar surface area (TPSA) is 30.7 Å². The summed E-state index contributed by atoms with van der Waals surface area (Å²) < 4.78 is 1.79. The van der Waals surface area contributed by atoms with E-state index in [1.807, 2.05) is 14.0 Å². The number of aromatic nitrogens is 3. The Labute approximate surface area is 111 Å². The largest absolute Gasteiger partial charge is 0.483 e. The van der Waals surface area contributed by atoms with Crippen LogP contribution in [0.3, 0.4) is 0 Å². The normalized spacial score (nSPS) is 7.80. The first kappa shape index (κ1) is 13.9. The van der Waals surface area contributed by atoms with Gasteiger partial charge in [0.15, 0.2) is 0 Å². The van der Waals surface area contributed by atoms with Crippen molar-refractivity contribution in [3.63, 3.8) is 0 Å². The fourth-order valence-corrected chi connectivity index (χ4v) is 0.580. The summed E-state index contributed by atoms with van der Waals surface area (Å²) in [7, 11) is 1.89. The molecule has 5 heteroatoms. The first-order chi connectivity index (χ1) is 3.84. The molecule has 0 N–H and O–H groups in total. The second-order valence-corrected chi connectivity index (χ2v) is 1.63. The molecule has 0 aliphatic carbocycles. The van der Waals surface area contributed by atoms with Crippen LogP contribution in [-0.2, 0) is 78.9 Å². The summed E-state index contributed by atoms with van der Waals surface area (Å²) in [5, 5.41) is 7.37. The molecular formula is C5H8N3Y2-. The second-order valence-electron chi connectivity index (χ2n) is 1.63. The third kappa shape index (κ3) is 3.66. The average molecular weight is 288 g/mol. The summed E-state index contributed by atoms with van der Waals surface area (Å²) >= 11 is 0. The molecule has 0 amide bonds. The molecule has 0 aliphatic rings. The fourth-order valence-electron chi connectivity index (χ4n) is 0.580. The Morgan fingerprint density at radius 1 is 1.50 bits per heavy atom. The minimum atomic E-state index is 0. The van der Waals surface area contributed by atoms with Gasteiger partial charge in [0.25, 0.3) is 0 Å². The summed E-state index contributed by atoms with van der Waals surface area (Å²) in [6, 6.07) is 0. The molecule has 0 atom stereocenters. The van der Waals surface area contributed by atoms with Crippen LogP contribution in [0.1, 0.15) is 12.7 Å². The van der Waals surface area contributed by atoms with Gasteiger partial charge < -0.3 is 4.57 Å². The van der Waals surface area contributed by atoms with Crippen molar-refractivity contribution < 1.29 is 65.4 Å². The van der Waals surface area contributed by atoms with Gasteiger partial charge in [0.2, 0.25) is 0 Å². The maximum atomic E-state index is 3.79.